The molecule has 1 aliphatic heterocycles. The summed E-state index contributed by atoms with van der Waals surface area (Å²) in [5, 5.41) is 0. The monoisotopic (exact) mass is 436 g/mol. The van der Waals surface area contributed by atoms with Crippen molar-refractivity contribution in [1.29, 1.82) is 0 Å². The van der Waals surface area contributed by atoms with Crippen molar-refractivity contribution < 1.29 is 30.8 Å². The first-order valence-electron chi connectivity index (χ1n) is 9.76. The van der Waals surface area contributed by atoms with E-state index in [1.807, 2.05) is 0 Å². The van der Waals surface area contributed by atoms with Crippen LogP contribution in [-0.2, 0) is 21.0 Å². The molecule has 0 unspecified atom stereocenters. The second-order valence-corrected chi connectivity index (χ2v) is 9.41. The lowest BCUT2D eigenvalue weighted by Crippen LogP contribution is -2.48. The van der Waals surface area contributed by atoms with E-state index in [4.69, 9.17) is 0 Å². The molecule has 0 atom stereocenters. The van der Waals surface area contributed by atoms with Crippen LogP contribution < -0.4 is 4.72 Å². The summed E-state index contributed by atoms with van der Waals surface area (Å²) in [5.41, 5.74) is -1.62. The van der Waals surface area contributed by atoms with Crippen LogP contribution in [0.1, 0.15) is 50.5 Å². The highest BCUT2D eigenvalue weighted by atomic mass is 32.2. The van der Waals surface area contributed by atoms with Gasteiger partial charge in [-0.25, -0.2) is 17.5 Å². The van der Waals surface area contributed by atoms with Gasteiger partial charge in [-0.15, -0.1) is 0 Å². The van der Waals surface area contributed by atoms with Gasteiger partial charge < -0.3 is 4.90 Å². The van der Waals surface area contributed by atoms with Crippen molar-refractivity contribution in [1.82, 2.24) is 9.62 Å². The van der Waals surface area contributed by atoms with Gasteiger partial charge in [-0.05, 0) is 43.9 Å². The van der Waals surface area contributed by atoms with E-state index >= 15 is 0 Å². The molecule has 3 rings (SSSR count). The van der Waals surface area contributed by atoms with Gasteiger partial charge in [0.15, 0.2) is 0 Å². The summed E-state index contributed by atoms with van der Waals surface area (Å²) in [6, 6.07) is 1.13. The van der Waals surface area contributed by atoms with E-state index in [1.165, 1.54) is 0 Å². The second kappa shape index (κ2) is 8.59. The Labute approximate surface area is 167 Å². The minimum absolute atomic E-state index is 0.0389. The van der Waals surface area contributed by atoms with Gasteiger partial charge in [-0.1, -0.05) is 19.3 Å². The Morgan fingerprint density at radius 2 is 1.66 bits per heavy atom. The number of benzene rings is 1. The molecule has 29 heavy (non-hydrogen) atoms. The fourth-order valence-corrected chi connectivity index (χ4v) is 5.33. The maximum absolute atomic E-state index is 13.4. The topological polar surface area (TPSA) is 66.5 Å². The van der Waals surface area contributed by atoms with Gasteiger partial charge in [-0.2, -0.15) is 13.2 Å². The molecule has 1 saturated heterocycles. The van der Waals surface area contributed by atoms with Crippen LogP contribution in [0.2, 0.25) is 0 Å². The van der Waals surface area contributed by atoms with Crippen LogP contribution in [0.25, 0.3) is 0 Å². The van der Waals surface area contributed by atoms with Crippen molar-refractivity contribution in [2.24, 2.45) is 5.92 Å². The molecule has 0 radical (unpaired) electrons. The quantitative estimate of drug-likeness (QED) is 0.732. The molecule has 0 bridgehead atoms. The van der Waals surface area contributed by atoms with Gasteiger partial charge in [0.05, 0.1) is 10.5 Å². The largest absolute Gasteiger partial charge is 0.419 e. The van der Waals surface area contributed by atoms with Gasteiger partial charge in [0.1, 0.15) is 5.82 Å². The third-order valence-electron chi connectivity index (χ3n) is 5.64. The van der Waals surface area contributed by atoms with Gasteiger partial charge in [0.2, 0.25) is 15.9 Å². The van der Waals surface area contributed by atoms with Gasteiger partial charge in [0.25, 0.3) is 0 Å². The molecule has 10 heteroatoms. The van der Waals surface area contributed by atoms with Crippen LogP contribution in [0.5, 0.6) is 0 Å². The van der Waals surface area contributed by atoms with Crippen LogP contribution >= 0.6 is 0 Å². The molecular weight excluding hydrogens is 412 g/mol. The molecule has 0 spiro atoms. The first kappa shape index (κ1) is 22.0. The lowest BCUT2D eigenvalue weighted by Gasteiger charge is -2.35. The molecule has 162 valence electrons. The number of rotatable bonds is 4. The second-order valence-electron chi connectivity index (χ2n) is 7.70. The van der Waals surface area contributed by atoms with Gasteiger partial charge in [0, 0.05) is 25.0 Å². The number of nitrogens with zero attached hydrogens (tertiary/aromatic N) is 1. The van der Waals surface area contributed by atoms with Crippen molar-refractivity contribution in [2.45, 2.75) is 62.1 Å². The van der Waals surface area contributed by atoms with Crippen LogP contribution in [0.15, 0.2) is 23.1 Å². The van der Waals surface area contributed by atoms with Crippen LogP contribution in [-0.4, -0.2) is 38.4 Å². The van der Waals surface area contributed by atoms with Gasteiger partial charge in [-0.3, -0.25) is 4.79 Å². The maximum Gasteiger partial charge on any atom is 0.419 e. The molecule has 1 saturated carbocycles. The number of amides is 1. The minimum atomic E-state index is -4.99. The molecular formula is C19H24F4N2O3S. The number of halogens is 4. The zero-order valence-corrected chi connectivity index (χ0v) is 16.7. The van der Waals surface area contributed by atoms with Crippen molar-refractivity contribution >= 4 is 15.9 Å². The number of nitrogens with one attached hydrogen (secondary N) is 1. The highest BCUT2D eigenvalue weighted by Gasteiger charge is 2.36. The van der Waals surface area contributed by atoms with E-state index in [0.29, 0.717) is 38.1 Å². The minimum Gasteiger partial charge on any atom is -0.342 e. The normalized spacial score (nSPS) is 20.1. The smallest absolute Gasteiger partial charge is 0.342 e. The average molecular weight is 436 g/mol. The van der Waals surface area contributed by atoms with E-state index in [9.17, 15) is 30.8 Å². The van der Waals surface area contributed by atoms with E-state index < -0.39 is 38.5 Å². The van der Waals surface area contributed by atoms with Crippen LogP contribution in [0, 0.1) is 11.7 Å². The first-order valence-corrected chi connectivity index (χ1v) is 11.2. The lowest BCUT2D eigenvalue weighted by atomic mass is 9.87. The zero-order valence-electron chi connectivity index (χ0n) is 15.8. The summed E-state index contributed by atoms with van der Waals surface area (Å²) in [7, 11) is -4.24. The Bertz CT molecular complexity index is 844. The van der Waals surface area contributed by atoms with Crippen LogP contribution in [0.3, 0.4) is 0 Å². The van der Waals surface area contributed by atoms with E-state index in [-0.39, 0.29) is 11.8 Å². The predicted molar refractivity (Wildman–Crippen MR) is 97.9 cm³/mol. The maximum atomic E-state index is 13.4. The van der Waals surface area contributed by atoms with E-state index in [2.05, 4.69) is 4.72 Å². The molecule has 2 aliphatic rings. The summed E-state index contributed by atoms with van der Waals surface area (Å²) in [6.45, 7) is 0.805. The summed E-state index contributed by atoms with van der Waals surface area (Å²) >= 11 is 0. The van der Waals surface area contributed by atoms with Crippen molar-refractivity contribution in [3.05, 3.63) is 29.6 Å². The zero-order chi connectivity index (χ0) is 21.2. The van der Waals surface area contributed by atoms with Crippen LogP contribution in [0.4, 0.5) is 17.6 Å². The SMILES string of the molecule is O=C(C1CCCCC1)N1CCC(NS(=O)(=O)c2ccc(F)c(C(F)(F)F)c2)CC1. The van der Waals surface area contributed by atoms with Crippen molar-refractivity contribution in [3.63, 3.8) is 0 Å². The molecule has 1 aromatic rings. The Morgan fingerprint density at radius 1 is 1.03 bits per heavy atom. The molecule has 5 nitrogen and oxygen atoms in total. The molecule has 1 amide bonds. The lowest BCUT2D eigenvalue weighted by molar-refractivity contribution is -0.140. The number of carbonyl (C=O) groups excluding carboxylic acids is 1. The molecule has 2 fully saturated rings. The highest BCUT2D eigenvalue weighted by Crippen LogP contribution is 2.33. The first-order chi connectivity index (χ1) is 13.6. The Balaban J connectivity index is 1.62. The molecule has 1 N–H and O–H groups in total. The number of piperidine rings is 1. The molecule has 1 aliphatic carbocycles. The fourth-order valence-electron chi connectivity index (χ4n) is 4.00. The average Bonchev–Trinajstić information content (AvgIpc) is 2.67. The number of hydrogen-bond acceptors (Lipinski definition) is 3. The molecule has 1 heterocycles. The standard InChI is InChI=1S/C19H24F4N2O3S/c20-17-7-6-15(12-16(17)19(21,22)23)29(27,28)24-14-8-10-25(11-9-14)18(26)13-4-2-1-3-5-13/h6-7,12-14,24H,1-5,8-11H2. The molecule has 0 aromatic heterocycles. The number of likely N-dealkylation sites (tertiary alicyclic amines) is 1. The Morgan fingerprint density at radius 3 is 2.24 bits per heavy atom. The third kappa shape index (κ3) is 5.28. The predicted octanol–water partition coefficient (Wildman–Crippen LogP) is 3.69. The summed E-state index contributed by atoms with van der Waals surface area (Å²) in [5.74, 6) is -1.37. The highest BCUT2D eigenvalue weighted by molar-refractivity contribution is 7.89. The molecule has 1 aromatic carbocycles. The number of sulfonamides is 1. The van der Waals surface area contributed by atoms with E-state index in [0.717, 1.165) is 38.2 Å². The summed E-state index contributed by atoms with van der Waals surface area (Å²) in [4.78, 5) is 13.7. The fraction of sp³-hybridized carbons (Fsp3) is 0.632. The third-order valence-corrected chi connectivity index (χ3v) is 7.15. The number of carbonyl (C=O) groups is 1. The number of alkyl halides is 3. The summed E-state index contributed by atoms with van der Waals surface area (Å²) < 4.78 is 79.3. The Hall–Kier alpha value is -1.68. The van der Waals surface area contributed by atoms with Crippen molar-refractivity contribution in [3.8, 4) is 0 Å². The summed E-state index contributed by atoms with van der Waals surface area (Å²) in [6.07, 6.45) is 0.785. The Kier molecular flexibility index (Phi) is 6.52. The van der Waals surface area contributed by atoms with Crippen molar-refractivity contribution in [2.75, 3.05) is 13.1 Å². The van der Waals surface area contributed by atoms with Gasteiger partial charge >= 0.3 is 6.18 Å². The van der Waals surface area contributed by atoms with E-state index in [1.54, 1.807) is 4.90 Å². The number of hydrogen-bond donors (Lipinski definition) is 1.